The van der Waals surface area contributed by atoms with Crippen LogP contribution in [-0.2, 0) is 11.2 Å². The Morgan fingerprint density at radius 1 is 1.03 bits per heavy atom. The molecule has 0 aliphatic carbocycles. The zero-order valence-corrected chi connectivity index (χ0v) is 21.3. The first kappa shape index (κ1) is 24.5. The fourth-order valence-corrected chi connectivity index (χ4v) is 6.14. The maximum absolute atomic E-state index is 13.4. The van der Waals surface area contributed by atoms with E-state index in [1.165, 1.54) is 34.7 Å². The molecule has 1 saturated heterocycles. The van der Waals surface area contributed by atoms with E-state index in [1.54, 1.807) is 23.3 Å². The van der Waals surface area contributed by atoms with Gasteiger partial charge in [-0.25, -0.2) is 4.39 Å². The molecular weight excluding hydrogens is 477 g/mol. The summed E-state index contributed by atoms with van der Waals surface area (Å²) >= 11 is 1.78. The first-order chi connectivity index (χ1) is 17.4. The summed E-state index contributed by atoms with van der Waals surface area (Å²) in [4.78, 5) is 33.7. The topological polar surface area (TPSA) is 53.1 Å². The highest BCUT2D eigenvalue weighted by atomic mass is 32.1. The minimum atomic E-state index is -0.366. The summed E-state index contributed by atoms with van der Waals surface area (Å²) in [5.41, 5.74) is 2.88. The number of fused-ring (bicyclic) bond motifs is 1. The Morgan fingerprint density at radius 2 is 1.78 bits per heavy atom. The third-order valence-electron chi connectivity index (χ3n) is 7.17. The third kappa shape index (κ3) is 4.88. The maximum Gasteiger partial charge on any atom is 0.254 e. The molecule has 0 N–H and O–H groups in total. The number of benzene rings is 2. The van der Waals surface area contributed by atoms with Gasteiger partial charge in [-0.1, -0.05) is 12.1 Å². The zero-order valence-electron chi connectivity index (χ0n) is 20.5. The molecule has 3 aromatic rings. The van der Waals surface area contributed by atoms with Crippen LogP contribution in [0, 0.1) is 5.82 Å². The first-order valence-electron chi connectivity index (χ1n) is 12.2. The number of nitrogens with zero attached hydrogens (tertiary/aromatic N) is 3. The lowest BCUT2D eigenvalue weighted by Crippen LogP contribution is -2.57. The molecule has 5 rings (SSSR count). The SMILES string of the molecule is COc1ccc([C@H]2c3ccsc3CCN2CC(=O)N2CCN(C(=O)c3ccc(F)cc3)[C@@H](C)C2)cc1. The average Bonchev–Trinajstić information content (AvgIpc) is 3.37. The average molecular weight is 508 g/mol. The van der Waals surface area contributed by atoms with Gasteiger partial charge in [0.05, 0.1) is 19.7 Å². The summed E-state index contributed by atoms with van der Waals surface area (Å²) in [6.45, 7) is 4.52. The summed E-state index contributed by atoms with van der Waals surface area (Å²) in [7, 11) is 1.66. The molecule has 0 radical (unpaired) electrons. The highest BCUT2D eigenvalue weighted by molar-refractivity contribution is 7.10. The Bertz CT molecular complexity index is 1230. The van der Waals surface area contributed by atoms with E-state index in [0.717, 1.165) is 24.3 Å². The minimum Gasteiger partial charge on any atom is -0.497 e. The minimum absolute atomic E-state index is 0.0219. The van der Waals surface area contributed by atoms with Crippen molar-refractivity contribution in [3.63, 3.8) is 0 Å². The van der Waals surface area contributed by atoms with Gasteiger partial charge < -0.3 is 14.5 Å². The monoisotopic (exact) mass is 507 g/mol. The lowest BCUT2D eigenvalue weighted by atomic mass is 9.93. The number of hydrogen-bond donors (Lipinski definition) is 0. The van der Waals surface area contributed by atoms with Crippen LogP contribution < -0.4 is 4.74 Å². The van der Waals surface area contributed by atoms with Crippen molar-refractivity contribution in [1.82, 2.24) is 14.7 Å². The van der Waals surface area contributed by atoms with E-state index in [4.69, 9.17) is 4.74 Å². The molecule has 0 unspecified atom stereocenters. The van der Waals surface area contributed by atoms with Gasteiger partial charge in [0, 0.05) is 42.7 Å². The molecule has 36 heavy (non-hydrogen) atoms. The molecule has 2 atom stereocenters. The van der Waals surface area contributed by atoms with Crippen molar-refractivity contribution < 1.29 is 18.7 Å². The Morgan fingerprint density at radius 3 is 2.47 bits per heavy atom. The molecule has 2 aliphatic heterocycles. The highest BCUT2D eigenvalue weighted by Gasteiger charge is 2.34. The molecule has 0 saturated carbocycles. The van der Waals surface area contributed by atoms with Gasteiger partial charge in [-0.15, -0.1) is 11.3 Å². The Kier molecular flexibility index (Phi) is 7.07. The zero-order chi connectivity index (χ0) is 25.2. The van der Waals surface area contributed by atoms with Crippen LogP contribution in [0.25, 0.3) is 0 Å². The molecule has 8 heteroatoms. The van der Waals surface area contributed by atoms with Crippen molar-refractivity contribution in [2.45, 2.75) is 25.4 Å². The van der Waals surface area contributed by atoms with E-state index in [0.29, 0.717) is 31.7 Å². The van der Waals surface area contributed by atoms with E-state index in [2.05, 4.69) is 28.5 Å². The van der Waals surface area contributed by atoms with Gasteiger partial charge in [0.2, 0.25) is 5.91 Å². The fourth-order valence-electron chi connectivity index (χ4n) is 5.23. The van der Waals surface area contributed by atoms with Crippen LogP contribution in [0.1, 0.15) is 39.3 Å². The van der Waals surface area contributed by atoms with Crippen LogP contribution in [0.15, 0.2) is 60.0 Å². The van der Waals surface area contributed by atoms with Gasteiger partial charge in [-0.05, 0) is 72.3 Å². The Balaban J connectivity index is 1.27. The second-order valence-electron chi connectivity index (χ2n) is 9.39. The number of carbonyl (C=O) groups is 2. The number of rotatable bonds is 5. The summed E-state index contributed by atoms with van der Waals surface area (Å²) < 4.78 is 18.6. The van der Waals surface area contributed by atoms with E-state index < -0.39 is 0 Å². The van der Waals surface area contributed by atoms with Gasteiger partial charge in [-0.2, -0.15) is 0 Å². The largest absolute Gasteiger partial charge is 0.497 e. The van der Waals surface area contributed by atoms with Gasteiger partial charge in [0.15, 0.2) is 0 Å². The molecule has 2 aliphatic rings. The van der Waals surface area contributed by atoms with Gasteiger partial charge in [-0.3, -0.25) is 14.5 Å². The molecule has 0 spiro atoms. The van der Waals surface area contributed by atoms with Crippen molar-refractivity contribution >= 4 is 23.2 Å². The van der Waals surface area contributed by atoms with Crippen molar-refractivity contribution in [3.8, 4) is 5.75 Å². The van der Waals surface area contributed by atoms with Crippen LogP contribution in [0.3, 0.4) is 0 Å². The van der Waals surface area contributed by atoms with Crippen LogP contribution in [0.2, 0.25) is 0 Å². The van der Waals surface area contributed by atoms with Crippen LogP contribution >= 0.6 is 11.3 Å². The fraction of sp³-hybridized carbons (Fsp3) is 0.357. The van der Waals surface area contributed by atoms with Crippen molar-refractivity contribution in [3.05, 3.63) is 87.4 Å². The Labute approximate surface area is 214 Å². The van der Waals surface area contributed by atoms with Crippen molar-refractivity contribution in [1.29, 1.82) is 0 Å². The molecule has 3 heterocycles. The van der Waals surface area contributed by atoms with E-state index in [-0.39, 0.29) is 29.7 Å². The summed E-state index contributed by atoms with van der Waals surface area (Å²) in [5.74, 6) is 0.392. The number of carbonyl (C=O) groups excluding carboxylic acids is 2. The van der Waals surface area contributed by atoms with E-state index >= 15 is 0 Å². The van der Waals surface area contributed by atoms with E-state index in [9.17, 15) is 14.0 Å². The van der Waals surface area contributed by atoms with Crippen molar-refractivity contribution in [2.75, 3.05) is 39.8 Å². The number of ether oxygens (including phenoxy) is 1. The van der Waals surface area contributed by atoms with Crippen LogP contribution in [0.5, 0.6) is 5.75 Å². The number of methoxy groups -OCH3 is 1. The number of piperazine rings is 1. The number of hydrogen-bond acceptors (Lipinski definition) is 5. The second-order valence-corrected chi connectivity index (χ2v) is 10.4. The highest BCUT2D eigenvalue weighted by Crippen LogP contribution is 2.38. The predicted octanol–water partition coefficient (Wildman–Crippen LogP) is 4.22. The number of halogens is 1. The molecular formula is C28H30FN3O3S. The Hall–Kier alpha value is -3.23. The standard InChI is InChI=1S/C28H30FN3O3S/c1-19-17-30(14-15-32(19)28(34)21-3-7-22(29)8-4-21)26(33)18-31-13-11-25-24(12-16-36-25)27(31)20-5-9-23(35-2)10-6-20/h3-10,12,16,19,27H,11,13-15,17-18H2,1-2H3/t19-,27-/m0/s1. The van der Waals surface area contributed by atoms with Crippen LogP contribution in [-0.4, -0.2) is 72.4 Å². The first-order valence-corrected chi connectivity index (χ1v) is 13.1. The number of thiophene rings is 1. The quantitative estimate of drug-likeness (QED) is 0.519. The van der Waals surface area contributed by atoms with Crippen molar-refractivity contribution in [2.24, 2.45) is 0 Å². The summed E-state index contributed by atoms with van der Waals surface area (Å²) in [5, 5.41) is 2.13. The van der Waals surface area contributed by atoms with E-state index in [1.807, 2.05) is 24.0 Å². The normalized spacial score (nSPS) is 20.2. The molecule has 2 amide bonds. The lowest BCUT2D eigenvalue weighted by molar-refractivity contribution is -0.135. The van der Waals surface area contributed by atoms with Gasteiger partial charge >= 0.3 is 0 Å². The third-order valence-corrected chi connectivity index (χ3v) is 8.16. The molecule has 0 bridgehead atoms. The van der Waals surface area contributed by atoms with Crippen LogP contribution in [0.4, 0.5) is 4.39 Å². The maximum atomic E-state index is 13.4. The second kappa shape index (κ2) is 10.4. The molecule has 1 fully saturated rings. The smallest absolute Gasteiger partial charge is 0.254 e. The number of amides is 2. The van der Waals surface area contributed by atoms with Gasteiger partial charge in [0.1, 0.15) is 11.6 Å². The molecule has 6 nitrogen and oxygen atoms in total. The molecule has 1 aromatic heterocycles. The summed E-state index contributed by atoms with van der Waals surface area (Å²) in [6, 6.07) is 15.8. The molecule has 188 valence electrons. The van der Waals surface area contributed by atoms with Gasteiger partial charge in [0.25, 0.3) is 5.91 Å². The molecule has 2 aromatic carbocycles. The lowest BCUT2D eigenvalue weighted by Gasteiger charge is -2.42. The summed E-state index contributed by atoms with van der Waals surface area (Å²) in [6.07, 6.45) is 0.934. The predicted molar refractivity (Wildman–Crippen MR) is 138 cm³/mol.